The fraction of sp³-hybridized carbons (Fsp3) is 0.600. The Morgan fingerprint density at radius 2 is 1.79 bits per heavy atom. The molecule has 0 aromatic heterocycles. The monoisotopic (exact) mass is 267 g/mol. The van der Waals surface area contributed by atoms with Gasteiger partial charge >= 0.3 is 0 Å². The minimum absolute atomic E-state index is 0.603. The SMILES string of the molecule is CCCOCCOc1ccc(CNCCOC)cc1. The minimum Gasteiger partial charge on any atom is -0.491 e. The van der Waals surface area contributed by atoms with E-state index in [1.165, 1.54) is 5.56 Å². The molecule has 1 N–H and O–H groups in total. The summed E-state index contributed by atoms with van der Waals surface area (Å²) < 4.78 is 15.9. The highest BCUT2D eigenvalue weighted by atomic mass is 16.5. The lowest BCUT2D eigenvalue weighted by molar-refractivity contribution is 0.101. The molecule has 1 aromatic rings. The number of benzene rings is 1. The van der Waals surface area contributed by atoms with Gasteiger partial charge < -0.3 is 19.5 Å². The molecule has 0 aliphatic carbocycles. The molecule has 1 rings (SSSR count). The van der Waals surface area contributed by atoms with Gasteiger partial charge in [0, 0.05) is 26.8 Å². The summed E-state index contributed by atoms with van der Waals surface area (Å²) in [4.78, 5) is 0. The second-order valence-corrected chi connectivity index (χ2v) is 4.27. The first kappa shape index (κ1) is 16.0. The fourth-order valence-corrected chi connectivity index (χ4v) is 1.58. The van der Waals surface area contributed by atoms with Crippen LogP contribution >= 0.6 is 0 Å². The van der Waals surface area contributed by atoms with E-state index in [2.05, 4.69) is 24.4 Å². The molecule has 1 aromatic carbocycles. The molecule has 0 aliphatic rings. The Kier molecular flexibility index (Phi) is 9.06. The third-order valence-corrected chi connectivity index (χ3v) is 2.58. The largest absolute Gasteiger partial charge is 0.491 e. The average Bonchev–Trinajstić information content (AvgIpc) is 2.45. The molecule has 0 aliphatic heterocycles. The van der Waals surface area contributed by atoms with Crippen LogP contribution in [0.4, 0.5) is 0 Å². The van der Waals surface area contributed by atoms with Crippen molar-refractivity contribution >= 4 is 0 Å². The van der Waals surface area contributed by atoms with E-state index in [1.54, 1.807) is 7.11 Å². The zero-order valence-corrected chi connectivity index (χ0v) is 12.0. The zero-order valence-electron chi connectivity index (χ0n) is 12.0. The van der Waals surface area contributed by atoms with Gasteiger partial charge in [-0.25, -0.2) is 0 Å². The quantitative estimate of drug-likeness (QED) is 0.624. The first-order chi connectivity index (χ1) is 9.36. The van der Waals surface area contributed by atoms with E-state index in [4.69, 9.17) is 14.2 Å². The van der Waals surface area contributed by atoms with Crippen LogP contribution in [0.15, 0.2) is 24.3 Å². The highest BCUT2D eigenvalue weighted by Crippen LogP contribution is 2.11. The maximum atomic E-state index is 5.59. The average molecular weight is 267 g/mol. The van der Waals surface area contributed by atoms with Crippen molar-refractivity contribution in [2.45, 2.75) is 19.9 Å². The van der Waals surface area contributed by atoms with Crippen LogP contribution in [0.3, 0.4) is 0 Å². The molecule has 0 heterocycles. The standard InChI is InChI=1S/C15H25NO3/c1-3-9-18-11-12-19-15-6-4-14(5-7-15)13-16-8-10-17-2/h4-7,16H,3,8-13H2,1-2H3. The van der Waals surface area contributed by atoms with Crippen LogP contribution < -0.4 is 10.1 Å². The molecule has 19 heavy (non-hydrogen) atoms. The highest BCUT2D eigenvalue weighted by Gasteiger charge is 1.96. The van der Waals surface area contributed by atoms with Gasteiger partial charge in [0.25, 0.3) is 0 Å². The summed E-state index contributed by atoms with van der Waals surface area (Å²) in [7, 11) is 1.71. The Labute approximate surface area is 116 Å². The molecular weight excluding hydrogens is 242 g/mol. The smallest absolute Gasteiger partial charge is 0.119 e. The molecule has 4 heteroatoms. The van der Waals surface area contributed by atoms with Crippen LogP contribution in [0, 0.1) is 0 Å². The summed E-state index contributed by atoms with van der Waals surface area (Å²) in [6.07, 6.45) is 1.05. The normalized spacial score (nSPS) is 10.6. The van der Waals surface area contributed by atoms with Crippen molar-refractivity contribution in [3.8, 4) is 5.75 Å². The first-order valence-electron chi connectivity index (χ1n) is 6.86. The van der Waals surface area contributed by atoms with Crippen molar-refractivity contribution in [1.29, 1.82) is 0 Å². The second kappa shape index (κ2) is 10.8. The Balaban J connectivity index is 2.16. The van der Waals surface area contributed by atoms with E-state index < -0.39 is 0 Å². The van der Waals surface area contributed by atoms with Crippen molar-refractivity contribution in [3.63, 3.8) is 0 Å². The van der Waals surface area contributed by atoms with Gasteiger partial charge in [0.2, 0.25) is 0 Å². The number of nitrogens with one attached hydrogen (secondary N) is 1. The maximum Gasteiger partial charge on any atom is 0.119 e. The molecule has 4 nitrogen and oxygen atoms in total. The lowest BCUT2D eigenvalue weighted by Crippen LogP contribution is -2.18. The van der Waals surface area contributed by atoms with Crippen LogP contribution in [0.2, 0.25) is 0 Å². The van der Waals surface area contributed by atoms with Crippen LogP contribution in [-0.4, -0.2) is 40.1 Å². The summed E-state index contributed by atoms with van der Waals surface area (Å²) in [6.45, 7) is 6.60. The van der Waals surface area contributed by atoms with E-state index >= 15 is 0 Å². The van der Waals surface area contributed by atoms with Gasteiger partial charge in [-0.1, -0.05) is 19.1 Å². The van der Waals surface area contributed by atoms with Gasteiger partial charge in [0.15, 0.2) is 0 Å². The molecule has 0 saturated heterocycles. The molecule has 0 unspecified atom stereocenters. The van der Waals surface area contributed by atoms with Gasteiger partial charge in [-0.15, -0.1) is 0 Å². The van der Waals surface area contributed by atoms with Crippen molar-refractivity contribution < 1.29 is 14.2 Å². The molecule has 0 saturated carbocycles. The third-order valence-electron chi connectivity index (χ3n) is 2.58. The highest BCUT2D eigenvalue weighted by molar-refractivity contribution is 5.27. The summed E-state index contributed by atoms with van der Waals surface area (Å²) in [6, 6.07) is 8.13. The van der Waals surface area contributed by atoms with Crippen LogP contribution in [0.5, 0.6) is 5.75 Å². The van der Waals surface area contributed by atoms with Crippen molar-refractivity contribution in [3.05, 3.63) is 29.8 Å². The minimum atomic E-state index is 0.603. The number of hydrogen-bond acceptors (Lipinski definition) is 4. The third kappa shape index (κ3) is 7.82. The second-order valence-electron chi connectivity index (χ2n) is 4.27. The molecule has 0 spiro atoms. The van der Waals surface area contributed by atoms with Crippen LogP contribution in [0.25, 0.3) is 0 Å². The predicted octanol–water partition coefficient (Wildman–Crippen LogP) is 2.23. The molecule has 0 radical (unpaired) electrons. The zero-order chi connectivity index (χ0) is 13.8. The van der Waals surface area contributed by atoms with Crippen molar-refractivity contribution in [2.75, 3.05) is 40.1 Å². The summed E-state index contributed by atoms with van der Waals surface area (Å²) in [5, 5.41) is 3.30. The summed E-state index contributed by atoms with van der Waals surface area (Å²) in [5.41, 5.74) is 1.24. The molecule has 0 fully saturated rings. The predicted molar refractivity (Wildman–Crippen MR) is 76.6 cm³/mol. The molecule has 0 atom stereocenters. The van der Waals surface area contributed by atoms with Gasteiger partial charge in [0.05, 0.1) is 13.2 Å². The maximum absolute atomic E-state index is 5.59. The van der Waals surface area contributed by atoms with Gasteiger partial charge in [0.1, 0.15) is 12.4 Å². The fourth-order valence-electron chi connectivity index (χ4n) is 1.58. The van der Waals surface area contributed by atoms with E-state index in [-0.39, 0.29) is 0 Å². The van der Waals surface area contributed by atoms with Gasteiger partial charge in [-0.05, 0) is 24.1 Å². The lowest BCUT2D eigenvalue weighted by atomic mass is 10.2. The Hall–Kier alpha value is -1.10. The first-order valence-corrected chi connectivity index (χ1v) is 6.86. The summed E-state index contributed by atoms with van der Waals surface area (Å²) in [5.74, 6) is 0.890. The van der Waals surface area contributed by atoms with Gasteiger partial charge in [-0.3, -0.25) is 0 Å². The van der Waals surface area contributed by atoms with E-state index in [0.717, 1.165) is 38.5 Å². The van der Waals surface area contributed by atoms with E-state index in [1.807, 2.05) is 12.1 Å². The number of ether oxygens (including phenoxy) is 3. The van der Waals surface area contributed by atoms with Crippen molar-refractivity contribution in [1.82, 2.24) is 5.32 Å². The van der Waals surface area contributed by atoms with Crippen molar-refractivity contribution in [2.24, 2.45) is 0 Å². The molecular formula is C15H25NO3. The number of rotatable bonds is 11. The van der Waals surface area contributed by atoms with E-state index in [0.29, 0.717) is 13.2 Å². The summed E-state index contributed by atoms with van der Waals surface area (Å²) >= 11 is 0. The number of hydrogen-bond donors (Lipinski definition) is 1. The molecule has 0 bridgehead atoms. The number of methoxy groups -OCH3 is 1. The lowest BCUT2D eigenvalue weighted by Gasteiger charge is -2.08. The Morgan fingerprint density at radius 3 is 2.47 bits per heavy atom. The Bertz CT molecular complexity index is 314. The molecule has 108 valence electrons. The van der Waals surface area contributed by atoms with E-state index in [9.17, 15) is 0 Å². The Morgan fingerprint density at radius 1 is 1.00 bits per heavy atom. The topological polar surface area (TPSA) is 39.7 Å². The van der Waals surface area contributed by atoms with Crippen LogP contribution in [0.1, 0.15) is 18.9 Å². The molecule has 0 amide bonds. The van der Waals surface area contributed by atoms with Crippen LogP contribution in [-0.2, 0) is 16.0 Å². The van der Waals surface area contributed by atoms with Gasteiger partial charge in [-0.2, -0.15) is 0 Å².